The van der Waals surface area contributed by atoms with Gasteiger partial charge in [0.1, 0.15) is 0 Å². The highest BCUT2D eigenvalue weighted by Gasteiger charge is 2.46. The molecule has 2 aromatic carbocycles. The first kappa shape index (κ1) is 18.4. The van der Waals surface area contributed by atoms with Crippen molar-refractivity contribution in [1.29, 1.82) is 0 Å². The topological polar surface area (TPSA) is 65.5 Å². The number of benzene rings is 2. The number of carbonyl (C=O) groups excluding carboxylic acids is 2. The van der Waals surface area contributed by atoms with Crippen molar-refractivity contribution in [1.82, 2.24) is 4.98 Å². The molecule has 134 valence electrons. The van der Waals surface area contributed by atoms with E-state index in [1.54, 1.807) is 12.1 Å². The average Bonchev–Trinajstić information content (AvgIpc) is 3.09. The van der Waals surface area contributed by atoms with Gasteiger partial charge in [0.05, 0.1) is 30.9 Å². The highest BCUT2D eigenvalue weighted by atomic mass is 32.2. The Morgan fingerprint density at radius 1 is 1.04 bits per heavy atom. The van der Waals surface area contributed by atoms with Crippen LogP contribution >= 0.6 is 23.1 Å². The molecular weight excluding hydrogens is 370 g/mol. The lowest BCUT2D eigenvalue weighted by molar-refractivity contribution is -0.150. The third-order valence-electron chi connectivity index (χ3n) is 3.91. The molecule has 1 aromatic heterocycles. The Labute approximate surface area is 159 Å². The predicted octanol–water partition coefficient (Wildman–Crippen LogP) is 4.02. The molecule has 0 amide bonds. The SMILES string of the molecule is COC(=O)CC(Sc1nc2ccccc2s1)(C(=O)OC)c1ccccc1. The summed E-state index contributed by atoms with van der Waals surface area (Å²) in [5, 5.41) is 0. The third kappa shape index (κ3) is 3.59. The van der Waals surface area contributed by atoms with Gasteiger partial charge in [0.2, 0.25) is 0 Å². The van der Waals surface area contributed by atoms with E-state index in [4.69, 9.17) is 9.47 Å². The lowest BCUT2D eigenvalue weighted by Gasteiger charge is -2.28. The molecule has 7 heteroatoms. The number of thiazole rings is 1. The summed E-state index contributed by atoms with van der Waals surface area (Å²) in [4.78, 5) is 29.5. The molecule has 0 saturated heterocycles. The molecule has 0 aliphatic carbocycles. The summed E-state index contributed by atoms with van der Waals surface area (Å²) in [6, 6.07) is 16.8. The summed E-state index contributed by atoms with van der Waals surface area (Å²) in [5.41, 5.74) is 1.52. The zero-order chi connectivity index (χ0) is 18.6. The number of ether oxygens (including phenoxy) is 2. The number of fused-ring (bicyclic) bond motifs is 1. The van der Waals surface area contributed by atoms with Crippen molar-refractivity contribution in [3.8, 4) is 0 Å². The third-order valence-corrected chi connectivity index (χ3v) is 6.40. The fourth-order valence-corrected chi connectivity index (χ4v) is 5.23. The van der Waals surface area contributed by atoms with Crippen molar-refractivity contribution in [2.45, 2.75) is 15.5 Å². The maximum absolute atomic E-state index is 12.8. The number of para-hydroxylation sites is 1. The van der Waals surface area contributed by atoms with Crippen LogP contribution in [0.15, 0.2) is 58.9 Å². The molecule has 0 radical (unpaired) electrons. The van der Waals surface area contributed by atoms with Gasteiger partial charge in [0.15, 0.2) is 9.09 Å². The van der Waals surface area contributed by atoms with Crippen molar-refractivity contribution < 1.29 is 19.1 Å². The Balaban J connectivity index is 2.11. The van der Waals surface area contributed by atoms with E-state index in [2.05, 4.69) is 4.98 Å². The van der Waals surface area contributed by atoms with Gasteiger partial charge in [0.25, 0.3) is 0 Å². The standard InChI is InChI=1S/C19H17NO4S2/c1-23-16(21)12-19(17(22)24-2,13-8-4-3-5-9-13)26-18-20-14-10-6-7-11-15(14)25-18/h3-11H,12H2,1-2H3. The summed E-state index contributed by atoms with van der Waals surface area (Å²) < 4.78 is 10.3. The largest absolute Gasteiger partial charge is 0.469 e. The van der Waals surface area contributed by atoms with Crippen LogP contribution in [0.1, 0.15) is 12.0 Å². The van der Waals surface area contributed by atoms with Crippen molar-refractivity contribution in [2.75, 3.05) is 14.2 Å². The van der Waals surface area contributed by atoms with E-state index in [1.807, 2.05) is 42.5 Å². The minimum absolute atomic E-state index is 0.152. The molecule has 0 bridgehead atoms. The fraction of sp³-hybridized carbons (Fsp3) is 0.211. The number of hydrogen-bond acceptors (Lipinski definition) is 7. The number of aromatic nitrogens is 1. The smallest absolute Gasteiger partial charge is 0.327 e. The monoisotopic (exact) mass is 387 g/mol. The first-order valence-electron chi connectivity index (χ1n) is 7.84. The lowest BCUT2D eigenvalue weighted by Crippen LogP contribution is -2.36. The van der Waals surface area contributed by atoms with Gasteiger partial charge in [-0.25, -0.2) is 4.98 Å². The zero-order valence-corrected chi connectivity index (χ0v) is 15.9. The van der Waals surface area contributed by atoms with E-state index < -0.39 is 16.7 Å². The van der Waals surface area contributed by atoms with Gasteiger partial charge >= 0.3 is 11.9 Å². The molecule has 1 atom stereocenters. The first-order valence-corrected chi connectivity index (χ1v) is 9.47. The molecule has 1 heterocycles. The molecular formula is C19H17NO4S2. The highest BCUT2D eigenvalue weighted by molar-refractivity contribution is 8.02. The van der Waals surface area contributed by atoms with Crippen LogP contribution in [0.25, 0.3) is 10.2 Å². The van der Waals surface area contributed by atoms with E-state index in [0.29, 0.717) is 9.90 Å². The van der Waals surface area contributed by atoms with Crippen LogP contribution in [0.3, 0.4) is 0 Å². The van der Waals surface area contributed by atoms with Gasteiger partial charge in [-0.15, -0.1) is 11.3 Å². The summed E-state index contributed by atoms with van der Waals surface area (Å²) >= 11 is 2.70. The summed E-state index contributed by atoms with van der Waals surface area (Å²) in [5.74, 6) is -1.01. The predicted molar refractivity (Wildman–Crippen MR) is 102 cm³/mol. The van der Waals surface area contributed by atoms with Gasteiger partial charge in [-0.1, -0.05) is 54.2 Å². The maximum atomic E-state index is 12.8. The molecule has 26 heavy (non-hydrogen) atoms. The van der Waals surface area contributed by atoms with E-state index in [9.17, 15) is 9.59 Å². The summed E-state index contributed by atoms with van der Waals surface area (Å²) in [6.07, 6.45) is -0.152. The fourth-order valence-electron chi connectivity index (χ4n) is 2.62. The maximum Gasteiger partial charge on any atom is 0.327 e. The molecule has 0 N–H and O–H groups in total. The van der Waals surface area contributed by atoms with Gasteiger partial charge in [-0.3, -0.25) is 9.59 Å². The second-order valence-electron chi connectivity index (χ2n) is 5.49. The Bertz CT molecular complexity index is 892. The van der Waals surface area contributed by atoms with Crippen LogP contribution in [0.5, 0.6) is 0 Å². The lowest BCUT2D eigenvalue weighted by atomic mass is 9.94. The van der Waals surface area contributed by atoms with E-state index >= 15 is 0 Å². The number of rotatable bonds is 6. The Kier molecular flexibility index (Phi) is 5.58. The molecule has 0 saturated carbocycles. The minimum Gasteiger partial charge on any atom is -0.469 e. The molecule has 3 aromatic rings. The van der Waals surface area contributed by atoms with Gasteiger partial charge in [0, 0.05) is 0 Å². The molecule has 0 aliphatic rings. The Morgan fingerprint density at radius 3 is 2.38 bits per heavy atom. The van der Waals surface area contributed by atoms with Crippen molar-refractivity contribution in [2.24, 2.45) is 0 Å². The van der Waals surface area contributed by atoms with Crippen LogP contribution in [0, 0.1) is 0 Å². The van der Waals surface area contributed by atoms with Crippen LogP contribution in [-0.2, 0) is 23.8 Å². The van der Waals surface area contributed by atoms with Crippen molar-refractivity contribution in [3.63, 3.8) is 0 Å². The normalized spacial score (nSPS) is 13.2. The second kappa shape index (κ2) is 7.88. The Hall–Kier alpha value is -2.38. The van der Waals surface area contributed by atoms with Gasteiger partial charge < -0.3 is 9.47 Å². The first-order chi connectivity index (χ1) is 12.6. The summed E-state index contributed by atoms with van der Waals surface area (Å²) in [6.45, 7) is 0. The minimum atomic E-state index is -1.27. The van der Waals surface area contributed by atoms with Crippen LogP contribution in [0.2, 0.25) is 0 Å². The van der Waals surface area contributed by atoms with Gasteiger partial charge in [-0.05, 0) is 17.7 Å². The summed E-state index contributed by atoms with van der Waals surface area (Å²) in [7, 11) is 2.62. The van der Waals surface area contributed by atoms with Crippen molar-refractivity contribution >= 4 is 45.3 Å². The zero-order valence-electron chi connectivity index (χ0n) is 14.3. The number of esters is 2. The van der Waals surface area contributed by atoms with Gasteiger partial charge in [-0.2, -0.15) is 0 Å². The van der Waals surface area contributed by atoms with Crippen molar-refractivity contribution in [3.05, 3.63) is 60.2 Å². The molecule has 0 spiro atoms. The molecule has 0 fully saturated rings. The second-order valence-corrected chi connectivity index (χ2v) is 8.06. The average molecular weight is 387 g/mol. The number of carbonyl (C=O) groups is 2. The van der Waals surface area contributed by atoms with Crippen LogP contribution < -0.4 is 0 Å². The van der Waals surface area contributed by atoms with E-state index in [1.165, 1.54) is 37.3 Å². The number of thioether (sulfide) groups is 1. The molecule has 1 unspecified atom stereocenters. The molecule has 0 aliphatic heterocycles. The molecule has 5 nitrogen and oxygen atoms in total. The van der Waals surface area contributed by atoms with E-state index in [0.717, 1.165) is 10.2 Å². The van der Waals surface area contributed by atoms with Crippen LogP contribution in [-0.4, -0.2) is 31.1 Å². The quantitative estimate of drug-likeness (QED) is 0.470. The Morgan fingerprint density at radius 2 is 1.73 bits per heavy atom. The molecule has 3 rings (SSSR count). The highest BCUT2D eigenvalue weighted by Crippen LogP contribution is 2.47. The number of methoxy groups -OCH3 is 2. The number of nitrogens with zero attached hydrogens (tertiary/aromatic N) is 1. The number of hydrogen-bond donors (Lipinski definition) is 0. The van der Waals surface area contributed by atoms with Crippen LogP contribution in [0.4, 0.5) is 0 Å². The van der Waals surface area contributed by atoms with E-state index in [-0.39, 0.29) is 6.42 Å².